The van der Waals surface area contributed by atoms with Crippen LogP contribution in [-0.2, 0) is 14.8 Å². The summed E-state index contributed by atoms with van der Waals surface area (Å²) in [5.41, 5.74) is 6.60. The van der Waals surface area contributed by atoms with Crippen molar-refractivity contribution >= 4 is 27.3 Å². The fourth-order valence-corrected chi connectivity index (χ4v) is 3.42. The van der Waals surface area contributed by atoms with Gasteiger partial charge in [0.25, 0.3) is 0 Å². The van der Waals surface area contributed by atoms with E-state index in [1.165, 1.54) is 25.0 Å². The van der Waals surface area contributed by atoms with Crippen molar-refractivity contribution in [2.75, 3.05) is 25.5 Å². The molecule has 20 heavy (non-hydrogen) atoms. The Morgan fingerprint density at radius 3 is 2.80 bits per heavy atom. The molecule has 0 saturated heterocycles. The molecule has 0 spiro atoms. The first-order valence-electron chi connectivity index (χ1n) is 6.53. The Hall–Kier alpha value is -0.820. The highest BCUT2D eigenvalue weighted by Gasteiger charge is 2.21. The van der Waals surface area contributed by atoms with Crippen LogP contribution in [0.5, 0.6) is 0 Å². The van der Waals surface area contributed by atoms with Crippen molar-refractivity contribution in [1.29, 1.82) is 0 Å². The Morgan fingerprint density at radius 1 is 1.45 bits per heavy atom. The maximum absolute atomic E-state index is 12.2. The van der Waals surface area contributed by atoms with Crippen molar-refractivity contribution in [2.45, 2.75) is 24.7 Å². The third-order valence-corrected chi connectivity index (χ3v) is 5.05. The van der Waals surface area contributed by atoms with Gasteiger partial charge in [-0.05, 0) is 43.4 Å². The van der Waals surface area contributed by atoms with Gasteiger partial charge >= 0.3 is 0 Å². The summed E-state index contributed by atoms with van der Waals surface area (Å²) in [7, 11) is -3.62. The number of ether oxygens (including phenoxy) is 1. The minimum Gasteiger partial charge on any atom is -0.398 e. The van der Waals surface area contributed by atoms with Crippen LogP contribution in [0.3, 0.4) is 0 Å². The molecule has 1 aliphatic carbocycles. The van der Waals surface area contributed by atoms with E-state index in [0.29, 0.717) is 35.4 Å². The number of halogens is 1. The second-order valence-corrected chi connectivity index (χ2v) is 7.21. The van der Waals surface area contributed by atoms with Gasteiger partial charge < -0.3 is 10.5 Å². The molecule has 112 valence electrons. The van der Waals surface area contributed by atoms with Crippen molar-refractivity contribution in [3.8, 4) is 0 Å². The van der Waals surface area contributed by atoms with Gasteiger partial charge in [0.15, 0.2) is 0 Å². The van der Waals surface area contributed by atoms with E-state index in [0.717, 1.165) is 0 Å². The first-order valence-corrected chi connectivity index (χ1v) is 8.39. The van der Waals surface area contributed by atoms with Crippen LogP contribution in [0.1, 0.15) is 18.4 Å². The number of hydrogen-bond donors (Lipinski definition) is 2. The number of benzene rings is 1. The van der Waals surface area contributed by atoms with Gasteiger partial charge in [-0.1, -0.05) is 11.6 Å². The molecule has 1 aromatic rings. The maximum atomic E-state index is 12.2. The predicted octanol–water partition coefficient (Wildman–Crippen LogP) is 1.94. The topological polar surface area (TPSA) is 81.4 Å². The van der Waals surface area contributed by atoms with E-state index in [1.54, 1.807) is 6.92 Å². The number of rotatable bonds is 7. The van der Waals surface area contributed by atoms with Crippen LogP contribution in [0.15, 0.2) is 17.0 Å². The zero-order chi connectivity index (χ0) is 14.8. The molecule has 7 heteroatoms. The molecule has 0 unspecified atom stereocenters. The summed E-state index contributed by atoms with van der Waals surface area (Å²) in [5, 5.41) is 0.304. The average Bonchev–Trinajstić information content (AvgIpc) is 3.17. The normalized spacial score (nSPS) is 15.5. The fraction of sp³-hybridized carbons (Fsp3) is 0.538. The van der Waals surface area contributed by atoms with Crippen molar-refractivity contribution in [3.05, 3.63) is 22.7 Å². The second kappa shape index (κ2) is 6.30. The largest absolute Gasteiger partial charge is 0.398 e. The molecule has 1 fully saturated rings. The molecule has 0 aliphatic heterocycles. The lowest BCUT2D eigenvalue weighted by atomic mass is 10.2. The summed E-state index contributed by atoms with van der Waals surface area (Å²) < 4.78 is 32.3. The molecule has 0 radical (unpaired) electrons. The van der Waals surface area contributed by atoms with Gasteiger partial charge in [0.1, 0.15) is 0 Å². The summed E-state index contributed by atoms with van der Waals surface area (Å²) in [5.74, 6) is 0.668. The van der Waals surface area contributed by atoms with Crippen LogP contribution < -0.4 is 10.5 Å². The maximum Gasteiger partial charge on any atom is 0.241 e. The van der Waals surface area contributed by atoms with E-state index in [9.17, 15) is 8.42 Å². The van der Waals surface area contributed by atoms with Crippen LogP contribution >= 0.6 is 11.6 Å². The first-order chi connectivity index (χ1) is 9.40. The quantitative estimate of drug-likeness (QED) is 0.594. The molecular weight excluding hydrogens is 300 g/mol. The number of sulfonamides is 1. The summed E-state index contributed by atoms with van der Waals surface area (Å²) in [6, 6.07) is 2.94. The van der Waals surface area contributed by atoms with Crippen LogP contribution in [0.2, 0.25) is 5.02 Å². The van der Waals surface area contributed by atoms with Crippen LogP contribution in [-0.4, -0.2) is 28.2 Å². The van der Waals surface area contributed by atoms with Gasteiger partial charge in [-0.15, -0.1) is 0 Å². The van der Waals surface area contributed by atoms with E-state index in [4.69, 9.17) is 22.1 Å². The van der Waals surface area contributed by atoms with Crippen molar-refractivity contribution < 1.29 is 13.2 Å². The highest BCUT2D eigenvalue weighted by molar-refractivity contribution is 7.89. The Balaban J connectivity index is 1.95. The number of nitrogens with two attached hydrogens (primary N) is 1. The van der Waals surface area contributed by atoms with Gasteiger partial charge in [-0.25, -0.2) is 13.1 Å². The van der Waals surface area contributed by atoms with Crippen LogP contribution in [0.25, 0.3) is 0 Å². The molecule has 0 aromatic heterocycles. The lowest BCUT2D eigenvalue weighted by Gasteiger charge is -2.11. The number of hydrogen-bond acceptors (Lipinski definition) is 4. The lowest BCUT2D eigenvalue weighted by Crippen LogP contribution is -2.28. The summed E-state index contributed by atoms with van der Waals surface area (Å²) in [6.07, 6.45) is 2.43. The Labute approximate surface area is 124 Å². The number of anilines is 1. The third-order valence-electron chi connectivity index (χ3n) is 3.24. The van der Waals surface area contributed by atoms with Crippen molar-refractivity contribution in [1.82, 2.24) is 4.72 Å². The van der Waals surface area contributed by atoms with Crippen LogP contribution in [0.4, 0.5) is 5.69 Å². The fourth-order valence-electron chi connectivity index (χ4n) is 1.81. The molecule has 0 heterocycles. The minimum atomic E-state index is -3.62. The molecule has 0 bridgehead atoms. The molecule has 1 saturated carbocycles. The zero-order valence-corrected chi connectivity index (χ0v) is 12.9. The standard InChI is InChI=1S/C13H19ClN2O3S/c1-9-12(15)6-11(14)7-13(9)20(17,18)16-4-5-19-8-10-2-3-10/h6-7,10,16H,2-5,8,15H2,1H3. The minimum absolute atomic E-state index is 0.115. The molecule has 0 atom stereocenters. The smallest absolute Gasteiger partial charge is 0.241 e. The molecule has 1 aromatic carbocycles. The second-order valence-electron chi connectivity index (χ2n) is 5.03. The average molecular weight is 319 g/mol. The zero-order valence-electron chi connectivity index (χ0n) is 11.4. The van der Waals surface area contributed by atoms with Crippen molar-refractivity contribution in [3.63, 3.8) is 0 Å². The Kier molecular flexibility index (Phi) is 4.90. The van der Waals surface area contributed by atoms with Gasteiger partial charge in [0.2, 0.25) is 10.0 Å². The highest BCUT2D eigenvalue weighted by Crippen LogP contribution is 2.28. The summed E-state index contributed by atoms with van der Waals surface area (Å²) >= 11 is 5.86. The van der Waals surface area contributed by atoms with E-state index in [2.05, 4.69) is 4.72 Å². The Morgan fingerprint density at radius 2 is 2.15 bits per heavy atom. The molecule has 5 nitrogen and oxygen atoms in total. The molecule has 2 rings (SSSR count). The molecule has 0 amide bonds. The predicted molar refractivity (Wildman–Crippen MR) is 79.3 cm³/mol. The van der Waals surface area contributed by atoms with Gasteiger partial charge in [-0.3, -0.25) is 0 Å². The molecule has 1 aliphatic rings. The first kappa shape index (κ1) is 15.6. The monoisotopic (exact) mass is 318 g/mol. The van der Waals surface area contributed by atoms with Crippen molar-refractivity contribution in [2.24, 2.45) is 5.92 Å². The van der Waals surface area contributed by atoms with E-state index >= 15 is 0 Å². The van der Waals surface area contributed by atoms with Gasteiger partial charge in [0, 0.05) is 23.9 Å². The summed E-state index contributed by atoms with van der Waals surface area (Å²) in [6.45, 7) is 2.97. The third kappa shape index (κ3) is 4.09. The molecular formula is C13H19ClN2O3S. The number of nitrogens with one attached hydrogen (secondary N) is 1. The van der Waals surface area contributed by atoms with Gasteiger partial charge in [-0.2, -0.15) is 0 Å². The van der Waals surface area contributed by atoms with E-state index < -0.39 is 10.0 Å². The Bertz CT molecular complexity index is 586. The highest BCUT2D eigenvalue weighted by atomic mass is 35.5. The summed E-state index contributed by atoms with van der Waals surface area (Å²) in [4.78, 5) is 0.115. The van der Waals surface area contributed by atoms with E-state index in [-0.39, 0.29) is 11.4 Å². The SMILES string of the molecule is Cc1c(N)cc(Cl)cc1S(=O)(=O)NCCOCC1CC1. The number of nitrogen functional groups attached to an aromatic ring is 1. The van der Waals surface area contributed by atoms with E-state index in [1.807, 2.05) is 0 Å². The van der Waals surface area contributed by atoms with Crippen LogP contribution in [0, 0.1) is 12.8 Å². The molecule has 3 N–H and O–H groups in total. The van der Waals surface area contributed by atoms with Gasteiger partial charge in [0.05, 0.1) is 11.5 Å². The lowest BCUT2D eigenvalue weighted by molar-refractivity contribution is 0.129.